The molecule has 2 fully saturated rings. The molecule has 1 N–H and O–H groups in total. The highest BCUT2D eigenvalue weighted by molar-refractivity contribution is 5.68. The SMILES string of the molecule is Cc1cc(Nc2ncnc(-c3ccc(OC4CCN(C(=O)OC(C)(C)C)CC4F)c(C#N)c3)n2)ccc1C1CCN(C)CC1. The highest BCUT2D eigenvalue weighted by Crippen LogP contribution is 2.32. The Labute approximate surface area is 258 Å². The van der Waals surface area contributed by atoms with E-state index < -0.39 is 24.0 Å². The Morgan fingerprint density at radius 3 is 2.55 bits per heavy atom. The van der Waals surface area contributed by atoms with E-state index in [4.69, 9.17) is 9.47 Å². The summed E-state index contributed by atoms with van der Waals surface area (Å²) in [5.74, 6) is 1.62. The number of nitrogens with one attached hydrogen (secondary N) is 1. The van der Waals surface area contributed by atoms with Crippen molar-refractivity contribution < 1.29 is 18.7 Å². The molecule has 11 heteroatoms. The molecule has 10 nitrogen and oxygen atoms in total. The fourth-order valence-electron chi connectivity index (χ4n) is 5.69. The van der Waals surface area contributed by atoms with Gasteiger partial charge in [-0.25, -0.2) is 19.2 Å². The van der Waals surface area contributed by atoms with Gasteiger partial charge in [-0.15, -0.1) is 0 Å². The van der Waals surface area contributed by atoms with Gasteiger partial charge in [0.15, 0.2) is 12.0 Å². The number of aromatic nitrogens is 3. The molecule has 3 heterocycles. The number of rotatable bonds is 6. The number of aryl methyl sites for hydroxylation is 1. The van der Waals surface area contributed by atoms with Crippen LogP contribution >= 0.6 is 0 Å². The van der Waals surface area contributed by atoms with Crippen molar-refractivity contribution in [2.24, 2.45) is 0 Å². The molecule has 0 radical (unpaired) electrons. The third-order valence-corrected chi connectivity index (χ3v) is 8.03. The Morgan fingerprint density at radius 1 is 1.09 bits per heavy atom. The molecular formula is C33H40FN7O3. The van der Waals surface area contributed by atoms with Crippen LogP contribution in [0.5, 0.6) is 5.75 Å². The van der Waals surface area contributed by atoms with E-state index in [9.17, 15) is 10.1 Å². The molecule has 2 aliphatic rings. The quantitative estimate of drug-likeness (QED) is 0.363. The number of piperidine rings is 2. The van der Waals surface area contributed by atoms with Crippen molar-refractivity contribution in [2.45, 2.75) is 70.8 Å². The minimum atomic E-state index is -1.43. The first-order valence-corrected chi connectivity index (χ1v) is 15.1. The maximum atomic E-state index is 15.0. The van der Waals surface area contributed by atoms with Crippen molar-refractivity contribution in [1.29, 1.82) is 5.26 Å². The van der Waals surface area contributed by atoms with Crippen LogP contribution in [0.4, 0.5) is 20.8 Å². The first-order valence-electron chi connectivity index (χ1n) is 15.1. The van der Waals surface area contributed by atoms with E-state index in [1.807, 2.05) is 0 Å². The first-order chi connectivity index (χ1) is 21.0. The summed E-state index contributed by atoms with van der Waals surface area (Å²) >= 11 is 0. The Balaban J connectivity index is 1.24. The third-order valence-electron chi connectivity index (χ3n) is 8.03. The molecule has 0 spiro atoms. The number of carbonyl (C=O) groups excluding carboxylic acids is 1. The number of anilines is 2. The Kier molecular flexibility index (Phi) is 9.30. The Bertz CT molecular complexity index is 1530. The normalized spacial score (nSPS) is 19.7. The summed E-state index contributed by atoms with van der Waals surface area (Å²) in [5, 5.41) is 13.1. The zero-order chi connectivity index (χ0) is 31.4. The van der Waals surface area contributed by atoms with Gasteiger partial charge in [-0.3, -0.25) is 0 Å². The summed E-state index contributed by atoms with van der Waals surface area (Å²) in [6.07, 6.45) is 1.25. The third kappa shape index (κ3) is 7.61. The average Bonchev–Trinajstić information content (AvgIpc) is 2.98. The van der Waals surface area contributed by atoms with Crippen molar-refractivity contribution >= 4 is 17.7 Å². The first kappa shape index (κ1) is 31.1. The molecule has 2 aliphatic heterocycles. The summed E-state index contributed by atoms with van der Waals surface area (Å²) in [6.45, 7) is 9.83. The number of likely N-dealkylation sites (tertiary alicyclic amines) is 2. The summed E-state index contributed by atoms with van der Waals surface area (Å²) in [7, 11) is 2.17. The van der Waals surface area contributed by atoms with Gasteiger partial charge in [-0.1, -0.05) is 6.07 Å². The summed E-state index contributed by atoms with van der Waals surface area (Å²) < 4.78 is 26.3. The zero-order valence-corrected chi connectivity index (χ0v) is 26.0. The molecule has 0 saturated carbocycles. The van der Waals surface area contributed by atoms with Crippen molar-refractivity contribution in [2.75, 3.05) is 38.5 Å². The van der Waals surface area contributed by atoms with Crippen LogP contribution in [0, 0.1) is 18.3 Å². The molecule has 44 heavy (non-hydrogen) atoms. The second-order valence-electron chi connectivity index (χ2n) is 12.6. The minimum absolute atomic E-state index is 0.138. The van der Waals surface area contributed by atoms with E-state index in [1.54, 1.807) is 39.0 Å². The highest BCUT2D eigenvalue weighted by Gasteiger charge is 2.35. The number of halogens is 1. The summed E-state index contributed by atoms with van der Waals surface area (Å²) in [4.78, 5) is 29.2. The number of amides is 1. The van der Waals surface area contributed by atoms with E-state index in [0.29, 0.717) is 29.8 Å². The van der Waals surface area contributed by atoms with Gasteiger partial charge in [0.25, 0.3) is 0 Å². The van der Waals surface area contributed by atoms with Crippen LogP contribution in [0.15, 0.2) is 42.7 Å². The molecule has 1 amide bonds. The zero-order valence-electron chi connectivity index (χ0n) is 26.0. The largest absolute Gasteiger partial charge is 0.486 e. The van der Waals surface area contributed by atoms with Crippen molar-refractivity contribution in [3.05, 3.63) is 59.4 Å². The molecule has 2 aromatic carbocycles. The van der Waals surface area contributed by atoms with Crippen LogP contribution in [0.25, 0.3) is 11.4 Å². The van der Waals surface area contributed by atoms with Gasteiger partial charge in [-0.2, -0.15) is 10.2 Å². The van der Waals surface area contributed by atoms with Crippen molar-refractivity contribution in [3.8, 4) is 23.2 Å². The van der Waals surface area contributed by atoms with Crippen LogP contribution in [-0.2, 0) is 4.74 Å². The number of ether oxygens (including phenoxy) is 2. The van der Waals surface area contributed by atoms with Crippen LogP contribution in [-0.4, -0.2) is 81.9 Å². The monoisotopic (exact) mass is 601 g/mol. The molecule has 3 aromatic rings. The number of nitrogens with zero attached hydrogens (tertiary/aromatic N) is 6. The lowest BCUT2D eigenvalue weighted by Gasteiger charge is -2.35. The van der Waals surface area contributed by atoms with E-state index in [0.717, 1.165) is 31.6 Å². The van der Waals surface area contributed by atoms with Gasteiger partial charge < -0.3 is 24.6 Å². The number of benzene rings is 2. The van der Waals surface area contributed by atoms with E-state index >= 15 is 4.39 Å². The topological polar surface area (TPSA) is 116 Å². The van der Waals surface area contributed by atoms with Gasteiger partial charge in [0.05, 0.1) is 12.1 Å². The molecule has 2 unspecified atom stereocenters. The minimum Gasteiger partial charge on any atom is -0.486 e. The fraction of sp³-hybridized carbons (Fsp3) is 0.485. The van der Waals surface area contributed by atoms with Crippen LogP contribution < -0.4 is 10.1 Å². The van der Waals surface area contributed by atoms with Crippen LogP contribution in [0.3, 0.4) is 0 Å². The second kappa shape index (κ2) is 13.1. The van der Waals surface area contributed by atoms with Gasteiger partial charge >= 0.3 is 6.09 Å². The van der Waals surface area contributed by atoms with Gasteiger partial charge in [-0.05, 0) is 108 Å². The number of carbonyl (C=O) groups is 1. The Hall–Kier alpha value is -4.30. The molecule has 2 saturated heterocycles. The molecule has 1 aromatic heterocycles. The summed E-state index contributed by atoms with van der Waals surface area (Å²) in [6, 6.07) is 13.5. The fourth-order valence-corrected chi connectivity index (χ4v) is 5.69. The van der Waals surface area contributed by atoms with E-state index in [-0.39, 0.29) is 24.3 Å². The lowest BCUT2D eigenvalue weighted by Crippen LogP contribution is -2.50. The standard InChI is InChI=1S/C33H40FN7O3/c1-21-16-25(7-8-26(21)22-10-13-40(5)14-11-22)38-31-37-20-36-30(39-31)23-6-9-28(24(17-23)18-35)43-29-12-15-41(19-27(29)34)32(42)44-33(2,3)4/h6-9,16-17,20,22,27,29H,10-15,19H2,1-5H3,(H,36,37,38,39). The number of alkyl halides is 1. The number of nitriles is 1. The van der Waals surface area contributed by atoms with Gasteiger partial charge in [0.2, 0.25) is 5.95 Å². The summed E-state index contributed by atoms with van der Waals surface area (Å²) in [5.41, 5.74) is 3.68. The van der Waals surface area contributed by atoms with E-state index in [2.05, 4.69) is 63.4 Å². The second-order valence-corrected chi connectivity index (χ2v) is 12.6. The maximum absolute atomic E-state index is 15.0. The van der Waals surface area contributed by atoms with Crippen molar-refractivity contribution in [3.63, 3.8) is 0 Å². The smallest absolute Gasteiger partial charge is 0.410 e. The van der Waals surface area contributed by atoms with Crippen LogP contribution in [0.1, 0.15) is 62.6 Å². The van der Waals surface area contributed by atoms with E-state index in [1.165, 1.54) is 22.4 Å². The lowest BCUT2D eigenvalue weighted by molar-refractivity contribution is -0.0106. The molecule has 0 bridgehead atoms. The molecule has 232 valence electrons. The number of hydrogen-bond donors (Lipinski definition) is 1. The number of hydrogen-bond acceptors (Lipinski definition) is 9. The predicted molar refractivity (Wildman–Crippen MR) is 166 cm³/mol. The lowest BCUT2D eigenvalue weighted by atomic mass is 9.87. The molecule has 2 atom stereocenters. The van der Waals surface area contributed by atoms with Gasteiger partial charge in [0.1, 0.15) is 29.9 Å². The molecule has 5 rings (SSSR count). The Morgan fingerprint density at radius 2 is 1.86 bits per heavy atom. The molecular weight excluding hydrogens is 561 g/mol. The highest BCUT2D eigenvalue weighted by atomic mass is 19.1. The van der Waals surface area contributed by atoms with Gasteiger partial charge in [0, 0.05) is 24.2 Å². The van der Waals surface area contributed by atoms with Crippen LogP contribution in [0.2, 0.25) is 0 Å². The predicted octanol–water partition coefficient (Wildman–Crippen LogP) is 6.00. The average molecular weight is 602 g/mol. The molecule has 0 aliphatic carbocycles. The maximum Gasteiger partial charge on any atom is 0.410 e. The van der Waals surface area contributed by atoms with Crippen molar-refractivity contribution in [1.82, 2.24) is 24.8 Å².